The predicted octanol–water partition coefficient (Wildman–Crippen LogP) is 3.98. The maximum absolute atomic E-state index is 5.92. The van der Waals surface area contributed by atoms with Gasteiger partial charge in [-0.05, 0) is 30.3 Å². The molecule has 3 aromatic rings. The van der Waals surface area contributed by atoms with Crippen LogP contribution in [0.3, 0.4) is 0 Å². The van der Waals surface area contributed by atoms with Gasteiger partial charge in [0.05, 0.1) is 6.61 Å². The molecule has 27 heavy (non-hydrogen) atoms. The Kier molecular flexibility index (Phi) is 6.64. The van der Waals surface area contributed by atoms with E-state index in [1.165, 1.54) is 0 Å². The number of benzene rings is 2. The molecule has 0 aliphatic carbocycles. The van der Waals surface area contributed by atoms with E-state index in [4.69, 9.17) is 20.0 Å². The molecule has 0 bridgehead atoms. The second kappa shape index (κ2) is 9.82. The van der Waals surface area contributed by atoms with Gasteiger partial charge in [-0.15, -0.1) is 0 Å². The Labute approximate surface area is 158 Å². The van der Waals surface area contributed by atoms with Gasteiger partial charge in [0, 0.05) is 24.2 Å². The number of rotatable bonds is 9. The summed E-state index contributed by atoms with van der Waals surface area (Å²) in [5.74, 6) is 2.30. The van der Waals surface area contributed by atoms with Crippen molar-refractivity contribution in [1.29, 1.82) is 0 Å². The van der Waals surface area contributed by atoms with Crippen LogP contribution in [0.4, 0.5) is 0 Å². The zero-order valence-corrected chi connectivity index (χ0v) is 14.8. The number of oxime groups is 1. The lowest BCUT2D eigenvalue weighted by Gasteiger charge is -2.06. The van der Waals surface area contributed by atoms with Crippen LogP contribution in [0.15, 0.2) is 84.1 Å². The van der Waals surface area contributed by atoms with Gasteiger partial charge < -0.3 is 20.0 Å². The van der Waals surface area contributed by atoms with E-state index in [-0.39, 0.29) is 5.84 Å². The van der Waals surface area contributed by atoms with Crippen LogP contribution in [0.1, 0.15) is 12.0 Å². The molecule has 1 aromatic heterocycles. The molecule has 0 aliphatic rings. The first kappa shape index (κ1) is 18.3. The molecule has 0 saturated heterocycles. The van der Waals surface area contributed by atoms with Gasteiger partial charge in [-0.25, -0.2) is 4.98 Å². The molecule has 1 heterocycles. The molecule has 6 nitrogen and oxygen atoms in total. The van der Waals surface area contributed by atoms with E-state index in [0.717, 1.165) is 11.5 Å². The summed E-state index contributed by atoms with van der Waals surface area (Å²) in [6, 6.07) is 22.6. The molecule has 0 aliphatic heterocycles. The molecule has 0 unspecified atom stereocenters. The molecule has 0 fully saturated rings. The predicted molar refractivity (Wildman–Crippen MR) is 104 cm³/mol. The Bertz CT molecular complexity index is 838. The van der Waals surface area contributed by atoms with Crippen molar-refractivity contribution in [3.05, 3.63) is 84.6 Å². The molecular formula is C21H21N3O3. The van der Waals surface area contributed by atoms with Crippen molar-refractivity contribution in [2.45, 2.75) is 6.42 Å². The van der Waals surface area contributed by atoms with Crippen LogP contribution >= 0.6 is 0 Å². The minimum atomic E-state index is 0.262. The fraction of sp³-hybridized carbons (Fsp3) is 0.143. The summed E-state index contributed by atoms with van der Waals surface area (Å²) in [4.78, 5) is 9.47. The first-order chi connectivity index (χ1) is 13.3. The number of amidine groups is 1. The van der Waals surface area contributed by atoms with E-state index in [1.54, 1.807) is 18.3 Å². The number of nitrogens with two attached hydrogens (primary N) is 1. The van der Waals surface area contributed by atoms with Crippen LogP contribution in [0.25, 0.3) is 0 Å². The van der Waals surface area contributed by atoms with Crippen LogP contribution in [-0.2, 0) is 4.84 Å². The van der Waals surface area contributed by atoms with Gasteiger partial charge in [0.15, 0.2) is 5.84 Å². The van der Waals surface area contributed by atoms with Gasteiger partial charge in [-0.3, -0.25) is 0 Å². The maximum Gasteiger partial charge on any atom is 0.219 e. The van der Waals surface area contributed by atoms with Crippen LogP contribution in [0.2, 0.25) is 0 Å². The lowest BCUT2D eigenvalue weighted by Crippen LogP contribution is -2.14. The molecule has 3 rings (SSSR count). The standard InChI is InChI=1S/C21H21N3O3/c22-21(24-26-15-7-14-25-18-8-3-1-4-9-18)17-12-13-20(23-16-17)27-19-10-5-2-6-11-19/h1-6,8-13,16H,7,14-15H2,(H2,22,24). The Balaban J connectivity index is 1.41. The number of pyridine rings is 1. The first-order valence-corrected chi connectivity index (χ1v) is 8.64. The molecule has 0 amide bonds. The van der Waals surface area contributed by atoms with Crippen molar-refractivity contribution in [2.75, 3.05) is 13.2 Å². The second-order valence-corrected chi connectivity index (χ2v) is 5.63. The van der Waals surface area contributed by atoms with Crippen LogP contribution < -0.4 is 15.2 Å². The molecule has 0 saturated carbocycles. The largest absolute Gasteiger partial charge is 0.493 e. The lowest BCUT2D eigenvalue weighted by atomic mass is 10.3. The quantitative estimate of drug-likeness (QED) is 0.269. The van der Waals surface area contributed by atoms with Crippen molar-refractivity contribution >= 4 is 5.84 Å². The highest BCUT2D eigenvalue weighted by Crippen LogP contribution is 2.18. The van der Waals surface area contributed by atoms with E-state index >= 15 is 0 Å². The third-order valence-corrected chi connectivity index (χ3v) is 3.55. The highest BCUT2D eigenvalue weighted by atomic mass is 16.6. The molecule has 0 spiro atoms. The van der Waals surface area contributed by atoms with Gasteiger partial charge in [0.25, 0.3) is 0 Å². The molecule has 0 atom stereocenters. The molecule has 2 N–H and O–H groups in total. The van der Waals surface area contributed by atoms with Gasteiger partial charge in [0.1, 0.15) is 18.1 Å². The summed E-state index contributed by atoms with van der Waals surface area (Å²) in [6.45, 7) is 0.961. The average molecular weight is 363 g/mol. The fourth-order valence-corrected chi connectivity index (χ4v) is 2.20. The maximum atomic E-state index is 5.92. The Morgan fingerprint density at radius 1 is 0.852 bits per heavy atom. The number of hydrogen-bond acceptors (Lipinski definition) is 5. The smallest absolute Gasteiger partial charge is 0.219 e. The van der Waals surface area contributed by atoms with Gasteiger partial charge in [-0.1, -0.05) is 41.6 Å². The third-order valence-electron chi connectivity index (χ3n) is 3.55. The zero-order chi connectivity index (χ0) is 18.7. The van der Waals surface area contributed by atoms with Crippen molar-refractivity contribution in [3.63, 3.8) is 0 Å². The van der Waals surface area contributed by atoms with Gasteiger partial charge >= 0.3 is 0 Å². The summed E-state index contributed by atoms with van der Waals surface area (Å²) in [7, 11) is 0. The van der Waals surface area contributed by atoms with Crippen molar-refractivity contribution < 1.29 is 14.3 Å². The summed E-state index contributed by atoms with van der Waals surface area (Å²) < 4.78 is 11.2. The van der Waals surface area contributed by atoms with Crippen LogP contribution in [-0.4, -0.2) is 24.0 Å². The molecular weight excluding hydrogens is 342 g/mol. The number of para-hydroxylation sites is 2. The minimum Gasteiger partial charge on any atom is -0.493 e. The van der Waals surface area contributed by atoms with Gasteiger partial charge in [-0.2, -0.15) is 0 Å². The topological polar surface area (TPSA) is 79.0 Å². The number of hydrogen-bond donors (Lipinski definition) is 1. The second-order valence-electron chi connectivity index (χ2n) is 5.63. The summed E-state index contributed by atoms with van der Waals surface area (Å²) in [6.07, 6.45) is 2.30. The van der Waals surface area contributed by atoms with E-state index in [9.17, 15) is 0 Å². The third kappa shape index (κ3) is 6.04. The fourth-order valence-electron chi connectivity index (χ4n) is 2.20. The monoisotopic (exact) mass is 363 g/mol. The van der Waals surface area contributed by atoms with E-state index in [0.29, 0.717) is 31.1 Å². The highest BCUT2D eigenvalue weighted by molar-refractivity contribution is 5.96. The van der Waals surface area contributed by atoms with Crippen LogP contribution in [0.5, 0.6) is 17.4 Å². The normalized spacial score (nSPS) is 11.0. The molecule has 2 aromatic carbocycles. The lowest BCUT2D eigenvalue weighted by molar-refractivity contribution is 0.127. The van der Waals surface area contributed by atoms with E-state index < -0.39 is 0 Å². The highest BCUT2D eigenvalue weighted by Gasteiger charge is 2.03. The van der Waals surface area contributed by atoms with E-state index in [2.05, 4.69) is 10.1 Å². The summed E-state index contributed by atoms with van der Waals surface area (Å²) in [5, 5.41) is 3.91. The van der Waals surface area contributed by atoms with Crippen LogP contribution in [0, 0.1) is 0 Å². The first-order valence-electron chi connectivity index (χ1n) is 8.64. The Hall–Kier alpha value is -3.54. The molecule has 6 heteroatoms. The zero-order valence-electron chi connectivity index (χ0n) is 14.8. The average Bonchev–Trinajstić information content (AvgIpc) is 2.72. The minimum absolute atomic E-state index is 0.262. The summed E-state index contributed by atoms with van der Waals surface area (Å²) >= 11 is 0. The van der Waals surface area contributed by atoms with Crippen molar-refractivity contribution in [2.24, 2.45) is 10.9 Å². The SMILES string of the molecule is N/C(=N/OCCCOc1ccccc1)c1ccc(Oc2ccccc2)nc1. The molecule has 138 valence electrons. The van der Waals surface area contributed by atoms with Crippen molar-refractivity contribution in [3.8, 4) is 17.4 Å². The summed E-state index contributed by atoms with van der Waals surface area (Å²) in [5.41, 5.74) is 6.58. The Morgan fingerprint density at radius 3 is 2.22 bits per heavy atom. The van der Waals surface area contributed by atoms with Gasteiger partial charge in [0.2, 0.25) is 5.88 Å². The molecule has 0 radical (unpaired) electrons. The van der Waals surface area contributed by atoms with Crippen molar-refractivity contribution in [1.82, 2.24) is 4.98 Å². The number of nitrogens with zero attached hydrogens (tertiary/aromatic N) is 2. The number of aromatic nitrogens is 1. The van der Waals surface area contributed by atoms with E-state index in [1.807, 2.05) is 60.7 Å². The number of ether oxygens (including phenoxy) is 2. The Morgan fingerprint density at radius 2 is 1.56 bits per heavy atom.